The number of nitrogens with zero attached hydrogens (tertiary/aromatic N) is 3. The van der Waals surface area contributed by atoms with E-state index < -0.39 is 10.0 Å². The Bertz CT molecular complexity index is 570. The topological polar surface area (TPSA) is 81.2 Å². The first kappa shape index (κ1) is 17.4. The molecule has 2 heterocycles. The fraction of sp³-hybridized carbons (Fsp3) is 0.750. The highest BCUT2D eigenvalue weighted by Gasteiger charge is 2.33. The highest BCUT2D eigenvalue weighted by atomic mass is 35.5. The van der Waals surface area contributed by atoms with Gasteiger partial charge in [-0.2, -0.15) is 9.40 Å². The molecule has 0 aliphatic carbocycles. The van der Waals surface area contributed by atoms with Crippen LogP contribution >= 0.6 is 12.4 Å². The van der Waals surface area contributed by atoms with Crippen LogP contribution in [-0.2, 0) is 17.1 Å². The van der Waals surface area contributed by atoms with Crippen molar-refractivity contribution < 1.29 is 8.42 Å². The highest BCUT2D eigenvalue weighted by molar-refractivity contribution is 7.89. The Morgan fingerprint density at radius 2 is 2.05 bits per heavy atom. The van der Waals surface area contributed by atoms with Crippen LogP contribution in [0.2, 0.25) is 0 Å². The third kappa shape index (κ3) is 3.00. The first-order valence-corrected chi connectivity index (χ1v) is 8.02. The van der Waals surface area contributed by atoms with Crippen molar-refractivity contribution >= 4 is 22.4 Å². The number of nitrogens with two attached hydrogens (primary N) is 1. The Hall–Kier alpha value is -0.630. The molecule has 1 aromatic rings. The molecule has 1 fully saturated rings. The molecule has 1 unspecified atom stereocenters. The summed E-state index contributed by atoms with van der Waals surface area (Å²) in [6.07, 6.45) is 1.88. The summed E-state index contributed by atoms with van der Waals surface area (Å²) in [6, 6.07) is 0. The molecule has 1 aromatic heterocycles. The molecular formula is C12H23ClN4O2S. The molecule has 1 atom stereocenters. The second kappa shape index (κ2) is 6.43. The van der Waals surface area contributed by atoms with Crippen molar-refractivity contribution in [2.45, 2.75) is 31.6 Å². The highest BCUT2D eigenvalue weighted by Crippen LogP contribution is 2.27. The SMILES string of the molecule is Cc1nn(C)c(C)c1S(=O)(=O)N1CCCC(CN)C1.Cl. The van der Waals surface area contributed by atoms with E-state index in [1.807, 2.05) is 0 Å². The minimum Gasteiger partial charge on any atom is -0.330 e. The van der Waals surface area contributed by atoms with Crippen LogP contribution in [0.5, 0.6) is 0 Å². The maximum Gasteiger partial charge on any atom is 0.246 e. The van der Waals surface area contributed by atoms with E-state index in [2.05, 4.69) is 5.10 Å². The Balaban J connectivity index is 0.00000200. The van der Waals surface area contributed by atoms with Crippen LogP contribution in [0.15, 0.2) is 4.90 Å². The zero-order chi connectivity index (χ0) is 14.2. The van der Waals surface area contributed by atoms with E-state index in [0.29, 0.717) is 35.9 Å². The number of aromatic nitrogens is 2. The summed E-state index contributed by atoms with van der Waals surface area (Å²) in [6.45, 7) is 5.16. The number of hydrogen-bond donors (Lipinski definition) is 1. The van der Waals surface area contributed by atoms with Crippen molar-refractivity contribution in [2.75, 3.05) is 19.6 Å². The van der Waals surface area contributed by atoms with Gasteiger partial charge in [0.15, 0.2) is 0 Å². The molecule has 2 rings (SSSR count). The first-order valence-electron chi connectivity index (χ1n) is 6.58. The Morgan fingerprint density at radius 3 is 2.55 bits per heavy atom. The van der Waals surface area contributed by atoms with Gasteiger partial charge in [-0.15, -0.1) is 12.4 Å². The fourth-order valence-corrected chi connectivity index (χ4v) is 4.65. The summed E-state index contributed by atoms with van der Waals surface area (Å²) in [5.74, 6) is 0.265. The lowest BCUT2D eigenvalue weighted by molar-refractivity contribution is 0.271. The molecule has 0 aromatic carbocycles. The van der Waals surface area contributed by atoms with Crippen LogP contribution in [0.1, 0.15) is 24.2 Å². The van der Waals surface area contributed by atoms with E-state index in [4.69, 9.17) is 5.73 Å². The van der Waals surface area contributed by atoms with Gasteiger partial charge in [0.25, 0.3) is 0 Å². The smallest absolute Gasteiger partial charge is 0.246 e. The van der Waals surface area contributed by atoms with E-state index in [0.717, 1.165) is 12.8 Å². The fourth-order valence-electron chi connectivity index (χ4n) is 2.69. The Labute approximate surface area is 126 Å². The molecule has 0 spiro atoms. The van der Waals surface area contributed by atoms with Crippen LogP contribution in [0.4, 0.5) is 0 Å². The molecule has 8 heteroatoms. The van der Waals surface area contributed by atoms with Crippen molar-refractivity contribution in [1.82, 2.24) is 14.1 Å². The number of halogens is 1. The summed E-state index contributed by atoms with van der Waals surface area (Å²) < 4.78 is 28.6. The van der Waals surface area contributed by atoms with Crippen LogP contribution < -0.4 is 5.73 Å². The number of piperidine rings is 1. The van der Waals surface area contributed by atoms with Gasteiger partial charge >= 0.3 is 0 Å². The number of hydrogen-bond acceptors (Lipinski definition) is 4. The van der Waals surface area contributed by atoms with Gasteiger partial charge in [-0.05, 0) is 39.2 Å². The number of aryl methyl sites for hydroxylation is 2. The molecule has 0 amide bonds. The van der Waals surface area contributed by atoms with Crippen molar-refractivity contribution in [1.29, 1.82) is 0 Å². The first-order chi connectivity index (χ1) is 8.87. The van der Waals surface area contributed by atoms with E-state index in [-0.39, 0.29) is 18.3 Å². The summed E-state index contributed by atoms with van der Waals surface area (Å²) >= 11 is 0. The monoisotopic (exact) mass is 322 g/mol. The lowest BCUT2D eigenvalue weighted by Gasteiger charge is -2.31. The van der Waals surface area contributed by atoms with Crippen molar-refractivity contribution in [3.63, 3.8) is 0 Å². The standard InChI is InChI=1S/C12H22N4O2S.ClH/c1-9-12(10(2)15(3)14-9)19(17,18)16-6-4-5-11(7-13)8-16;/h11H,4-8,13H2,1-3H3;1H. The van der Waals surface area contributed by atoms with Gasteiger partial charge in [0.05, 0.1) is 11.4 Å². The third-order valence-electron chi connectivity index (χ3n) is 3.86. The third-order valence-corrected chi connectivity index (χ3v) is 5.97. The average Bonchev–Trinajstić information content (AvgIpc) is 2.63. The molecule has 116 valence electrons. The second-order valence-corrected chi connectivity index (χ2v) is 7.11. The summed E-state index contributed by atoms with van der Waals surface area (Å²) in [5, 5.41) is 4.20. The lowest BCUT2D eigenvalue weighted by Crippen LogP contribution is -2.42. The Morgan fingerprint density at radius 1 is 1.40 bits per heavy atom. The van der Waals surface area contributed by atoms with E-state index >= 15 is 0 Å². The van der Waals surface area contributed by atoms with Gasteiger partial charge < -0.3 is 5.73 Å². The second-order valence-electron chi connectivity index (χ2n) is 5.23. The predicted octanol–water partition coefficient (Wildman–Crippen LogP) is 0.818. The molecule has 1 saturated heterocycles. The van der Waals surface area contributed by atoms with Gasteiger partial charge in [-0.25, -0.2) is 8.42 Å². The number of sulfonamides is 1. The van der Waals surface area contributed by atoms with Gasteiger partial charge in [0, 0.05) is 20.1 Å². The van der Waals surface area contributed by atoms with Gasteiger partial charge in [0.1, 0.15) is 4.90 Å². The minimum atomic E-state index is -3.45. The van der Waals surface area contributed by atoms with Crippen molar-refractivity contribution in [3.05, 3.63) is 11.4 Å². The molecular weight excluding hydrogens is 300 g/mol. The van der Waals surface area contributed by atoms with E-state index in [1.54, 1.807) is 29.9 Å². The van der Waals surface area contributed by atoms with E-state index in [9.17, 15) is 8.42 Å². The van der Waals surface area contributed by atoms with Gasteiger partial charge in [-0.3, -0.25) is 4.68 Å². The van der Waals surface area contributed by atoms with Crippen LogP contribution in [-0.4, -0.2) is 42.1 Å². The molecule has 0 radical (unpaired) electrons. The molecule has 0 bridgehead atoms. The van der Waals surface area contributed by atoms with Crippen LogP contribution in [0, 0.1) is 19.8 Å². The van der Waals surface area contributed by atoms with Crippen molar-refractivity contribution in [2.24, 2.45) is 18.7 Å². The Kier molecular flexibility index (Phi) is 5.60. The predicted molar refractivity (Wildman–Crippen MR) is 80.5 cm³/mol. The van der Waals surface area contributed by atoms with E-state index in [1.165, 1.54) is 0 Å². The number of rotatable bonds is 3. The molecule has 1 aliphatic rings. The maximum absolute atomic E-state index is 12.7. The maximum atomic E-state index is 12.7. The van der Waals surface area contributed by atoms with Crippen LogP contribution in [0.3, 0.4) is 0 Å². The van der Waals surface area contributed by atoms with Gasteiger partial charge in [0.2, 0.25) is 10.0 Å². The van der Waals surface area contributed by atoms with Gasteiger partial charge in [-0.1, -0.05) is 0 Å². The average molecular weight is 323 g/mol. The molecule has 2 N–H and O–H groups in total. The largest absolute Gasteiger partial charge is 0.330 e. The zero-order valence-corrected chi connectivity index (χ0v) is 13.8. The molecule has 20 heavy (non-hydrogen) atoms. The minimum absolute atomic E-state index is 0. The molecule has 1 aliphatic heterocycles. The normalized spacial score (nSPS) is 20.7. The summed E-state index contributed by atoms with van der Waals surface area (Å²) in [7, 11) is -1.69. The summed E-state index contributed by atoms with van der Waals surface area (Å²) in [4.78, 5) is 0.354. The zero-order valence-electron chi connectivity index (χ0n) is 12.2. The lowest BCUT2D eigenvalue weighted by atomic mass is 10.0. The molecule has 6 nitrogen and oxygen atoms in total. The molecule has 0 saturated carbocycles. The van der Waals surface area contributed by atoms with Crippen molar-refractivity contribution in [3.8, 4) is 0 Å². The quantitative estimate of drug-likeness (QED) is 0.893. The van der Waals surface area contributed by atoms with Crippen LogP contribution in [0.25, 0.3) is 0 Å². The summed E-state index contributed by atoms with van der Waals surface area (Å²) in [5.41, 5.74) is 6.93.